The molecule has 1 aromatic heterocycles. The Morgan fingerprint density at radius 3 is 2.58 bits per heavy atom. The third kappa shape index (κ3) is 4.13. The molecule has 0 radical (unpaired) electrons. The average molecular weight is 389 g/mol. The lowest BCUT2D eigenvalue weighted by atomic mass is 10.2. The van der Waals surface area contributed by atoms with Gasteiger partial charge in [0, 0.05) is 36.3 Å². The van der Waals surface area contributed by atoms with Crippen molar-refractivity contribution in [3.63, 3.8) is 0 Å². The first kappa shape index (κ1) is 16.9. The van der Waals surface area contributed by atoms with Gasteiger partial charge in [-0.2, -0.15) is 0 Å². The zero-order valence-electron chi connectivity index (χ0n) is 13.7. The van der Waals surface area contributed by atoms with Gasteiger partial charge < -0.3 is 15.1 Å². The first-order valence-corrected chi connectivity index (χ1v) is 8.95. The number of hydrogen-bond acceptors (Lipinski definition) is 4. The molecule has 3 rings (SSSR count). The van der Waals surface area contributed by atoms with Crippen molar-refractivity contribution in [1.82, 2.24) is 14.8 Å². The number of piperazine rings is 1. The molecule has 1 fully saturated rings. The number of halogens is 1. The fourth-order valence-corrected chi connectivity index (χ4v) is 3.16. The second-order valence-electron chi connectivity index (χ2n) is 5.79. The van der Waals surface area contributed by atoms with Gasteiger partial charge in [-0.3, -0.25) is 4.79 Å². The van der Waals surface area contributed by atoms with Crippen LogP contribution in [0.4, 0.5) is 11.4 Å². The number of aromatic nitrogens is 1. The molecule has 0 saturated carbocycles. The Balaban J connectivity index is 1.63. The molecule has 6 heteroatoms. The van der Waals surface area contributed by atoms with E-state index in [9.17, 15) is 4.79 Å². The zero-order chi connectivity index (χ0) is 16.9. The number of nitrogens with zero attached hydrogens (tertiary/aromatic N) is 3. The van der Waals surface area contributed by atoms with Crippen molar-refractivity contribution in [2.24, 2.45) is 0 Å². The summed E-state index contributed by atoms with van der Waals surface area (Å²) in [5.41, 5.74) is 2.33. The molecule has 2 aromatic rings. The smallest absolute Gasteiger partial charge is 0.272 e. The Kier molecular flexibility index (Phi) is 5.48. The Hall–Kier alpha value is -1.92. The van der Waals surface area contributed by atoms with Crippen LogP contribution in [-0.4, -0.2) is 53.4 Å². The molecule has 0 spiro atoms. The van der Waals surface area contributed by atoms with Crippen LogP contribution in [0.3, 0.4) is 0 Å². The molecule has 1 aromatic carbocycles. The van der Waals surface area contributed by atoms with E-state index in [1.54, 1.807) is 12.3 Å². The Morgan fingerprint density at radius 2 is 1.96 bits per heavy atom. The van der Waals surface area contributed by atoms with Gasteiger partial charge in [-0.15, -0.1) is 0 Å². The maximum Gasteiger partial charge on any atom is 0.272 e. The number of rotatable bonds is 4. The summed E-state index contributed by atoms with van der Waals surface area (Å²) in [5, 5.41) is 3.28. The van der Waals surface area contributed by atoms with Crippen LogP contribution in [0.5, 0.6) is 0 Å². The van der Waals surface area contributed by atoms with E-state index in [1.165, 1.54) is 0 Å². The molecule has 1 amide bonds. The van der Waals surface area contributed by atoms with Crippen molar-refractivity contribution in [2.75, 3.05) is 38.0 Å². The van der Waals surface area contributed by atoms with Gasteiger partial charge in [0.1, 0.15) is 5.69 Å². The summed E-state index contributed by atoms with van der Waals surface area (Å²) in [7, 11) is 0. The molecule has 0 unspecified atom stereocenters. The third-order valence-electron chi connectivity index (χ3n) is 4.20. The molecular formula is C18H21BrN4O. The Labute approximate surface area is 150 Å². The summed E-state index contributed by atoms with van der Waals surface area (Å²) in [6, 6.07) is 11.6. The van der Waals surface area contributed by atoms with E-state index in [1.807, 2.05) is 35.2 Å². The number of hydrogen-bond donors (Lipinski definition) is 1. The van der Waals surface area contributed by atoms with E-state index in [0.717, 1.165) is 48.6 Å². The standard InChI is InChI=1S/C18H21BrN4O/c1-2-22-8-10-23(11-9-22)18(24)17-7-6-16(13-20-17)21-15-5-3-4-14(19)12-15/h3-7,12-13,21H,2,8-11H2,1H3. The molecule has 0 bridgehead atoms. The van der Waals surface area contributed by atoms with Gasteiger partial charge in [0.15, 0.2) is 0 Å². The summed E-state index contributed by atoms with van der Waals surface area (Å²) in [6.07, 6.45) is 1.70. The number of likely N-dealkylation sites (N-methyl/N-ethyl adjacent to an activating group) is 1. The van der Waals surface area contributed by atoms with E-state index in [-0.39, 0.29) is 5.91 Å². The van der Waals surface area contributed by atoms with Crippen molar-refractivity contribution < 1.29 is 4.79 Å². The molecule has 5 nitrogen and oxygen atoms in total. The van der Waals surface area contributed by atoms with Gasteiger partial charge in [0.25, 0.3) is 5.91 Å². The van der Waals surface area contributed by atoms with Crippen LogP contribution in [0, 0.1) is 0 Å². The van der Waals surface area contributed by atoms with Crippen molar-refractivity contribution in [2.45, 2.75) is 6.92 Å². The van der Waals surface area contributed by atoms with Crippen LogP contribution in [0.1, 0.15) is 17.4 Å². The van der Waals surface area contributed by atoms with E-state index in [0.29, 0.717) is 5.69 Å². The average Bonchev–Trinajstić information content (AvgIpc) is 2.62. The number of nitrogens with one attached hydrogen (secondary N) is 1. The summed E-state index contributed by atoms with van der Waals surface area (Å²) >= 11 is 3.45. The van der Waals surface area contributed by atoms with Crippen LogP contribution >= 0.6 is 15.9 Å². The molecular weight excluding hydrogens is 368 g/mol. The van der Waals surface area contributed by atoms with Crippen LogP contribution in [0.2, 0.25) is 0 Å². The molecule has 1 saturated heterocycles. The minimum atomic E-state index is 0.0137. The number of pyridine rings is 1. The summed E-state index contributed by atoms with van der Waals surface area (Å²) in [4.78, 5) is 21.1. The summed E-state index contributed by atoms with van der Waals surface area (Å²) in [6.45, 7) is 6.60. The third-order valence-corrected chi connectivity index (χ3v) is 4.70. The minimum absolute atomic E-state index is 0.0137. The van der Waals surface area contributed by atoms with Gasteiger partial charge in [-0.1, -0.05) is 28.9 Å². The highest BCUT2D eigenvalue weighted by atomic mass is 79.9. The maximum atomic E-state index is 12.5. The first-order valence-electron chi connectivity index (χ1n) is 8.16. The second kappa shape index (κ2) is 7.77. The largest absolute Gasteiger partial charge is 0.354 e. The normalized spacial score (nSPS) is 15.3. The van der Waals surface area contributed by atoms with E-state index in [2.05, 4.69) is 38.1 Å². The number of anilines is 2. The van der Waals surface area contributed by atoms with Crippen molar-refractivity contribution in [3.05, 3.63) is 52.8 Å². The molecule has 1 aliphatic rings. The second-order valence-corrected chi connectivity index (χ2v) is 6.71. The van der Waals surface area contributed by atoms with E-state index >= 15 is 0 Å². The lowest BCUT2D eigenvalue weighted by Crippen LogP contribution is -2.48. The maximum absolute atomic E-state index is 12.5. The SMILES string of the molecule is CCN1CCN(C(=O)c2ccc(Nc3cccc(Br)c3)cn2)CC1. The summed E-state index contributed by atoms with van der Waals surface area (Å²) < 4.78 is 1.01. The van der Waals surface area contributed by atoms with Gasteiger partial charge in [0.2, 0.25) is 0 Å². The fraction of sp³-hybridized carbons (Fsp3) is 0.333. The highest BCUT2D eigenvalue weighted by molar-refractivity contribution is 9.10. The Bertz CT molecular complexity index is 696. The van der Waals surface area contributed by atoms with Crippen molar-refractivity contribution >= 4 is 33.2 Å². The molecule has 24 heavy (non-hydrogen) atoms. The van der Waals surface area contributed by atoms with Gasteiger partial charge >= 0.3 is 0 Å². The molecule has 1 aliphatic heterocycles. The van der Waals surface area contributed by atoms with Gasteiger partial charge in [0.05, 0.1) is 11.9 Å². The number of amides is 1. The van der Waals surface area contributed by atoms with Gasteiger partial charge in [-0.25, -0.2) is 4.98 Å². The molecule has 0 aliphatic carbocycles. The highest BCUT2D eigenvalue weighted by Gasteiger charge is 2.21. The van der Waals surface area contributed by atoms with Crippen LogP contribution < -0.4 is 5.32 Å². The van der Waals surface area contributed by atoms with Crippen molar-refractivity contribution in [1.29, 1.82) is 0 Å². The minimum Gasteiger partial charge on any atom is -0.354 e. The molecule has 0 atom stereocenters. The fourth-order valence-electron chi connectivity index (χ4n) is 2.76. The highest BCUT2D eigenvalue weighted by Crippen LogP contribution is 2.20. The zero-order valence-corrected chi connectivity index (χ0v) is 15.3. The predicted octanol–water partition coefficient (Wildman–Crippen LogP) is 3.37. The molecule has 126 valence electrons. The monoisotopic (exact) mass is 388 g/mol. The number of benzene rings is 1. The van der Waals surface area contributed by atoms with E-state index in [4.69, 9.17) is 0 Å². The van der Waals surface area contributed by atoms with Crippen LogP contribution in [0.15, 0.2) is 47.1 Å². The van der Waals surface area contributed by atoms with Crippen molar-refractivity contribution in [3.8, 4) is 0 Å². The quantitative estimate of drug-likeness (QED) is 0.871. The number of carbonyl (C=O) groups is 1. The Morgan fingerprint density at radius 1 is 1.17 bits per heavy atom. The lowest BCUT2D eigenvalue weighted by Gasteiger charge is -2.33. The molecule has 1 N–H and O–H groups in total. The van der Waals surface area contributed by atoms with Crippen LogP contribution in [-0.2, 0) is 0 Å². The lowest BCUT2D eigenvalue weighted by molar-refractivity contribution is 0.0637. The number of carbonyl (C=O) groups excluding carboxylic acids is 1. The predicted molar refractivity (Wildman–Crippen MR) is 99.7 cm³/mol. The van der Waals surface area contributed by atoms with Crippen LogP contribution in [0.25, 0.3) is 0 Å². The topological polar surface area (TPSA) is 48.5 Å². The van der Waals surface area contributed by atoms with E-state index < -0.39 is 0 Å². The summed E-state index contributed by atoms with van der Waals surface area (Å²) in [5.74, 6) is 0.0137. The molecule has 2 heterocycles. The first-order chi connectivity index (χ1) is 11.7. The van der Waals surface area contributed by atoms with Gasteiger partial charge in [-0.05, 0) is 36.9 Å².